The van der Waals surface area contributed by atoms with Gasteiger partial charge in [0.25, 0.3) is 0 Å². The Morgan fingerprint density at radius 2 is 1.73 bits per heavy atom. The number of benzene rings is 2. The molecule has 0 aliphatic heterocycles. The van der Waals surface area contributed by atoms with Gasteiger partial charge in [0.1, 0.15) is 0 Å². The Bertz CT molecular complexity index is 705. The minimum Gasteiger partial charge on any atom is -0.294 e. The zero-order chi connectivity index (χ0) is 15.7. The average molecular weight is 322 g/mol. The largest absolute Gasteiger partial charge is 0.416 e. The first kappa shape index (κ1) is 15.2. The lowest BCUT2D eigenvalue weighted by Crippen LogP contribution is -2.04. The van der Waals surface area contributed by atoms with E-state index in [4.69, 9.17) is 0 Å². The zero-order valence-electron chi connectivity index (χ0n) is 11.6. The maximum atomic E-state index is 12.5. The molecule has 0 heterocycles. The van der Waals surface area contributed by atoms with Crippen molar-refractivity contribution >= 4 is 17.5 Å². The van der Waals surface area contributed by atoms with E-state index in [0.717, 1.165) is 40.1 Å². The van der Waals surface area contributed by atoms with E-state index in [1.807, 2.05) is 18.2 Å². The van der Waals surface area contributed by atoms with Gasteiger partial charge in [0.15, 0.2) is 5.78 Å². The molecule has 0 bridgehead atoms. The van der Waals surface area contributed by atoms with Crippen LogP contribution in [0, 0.1) is 0 Å². The quantitative estimate of drug-likeness (QED) is 0.729. The highest BCUT2D eigenvalue weighted by Gasteiger charge is 2.30. The molecule has 5 heteroatoms. The maximum absolute atomic E-state index is 12.5. The van der Waals surface area contributed by atoms with Gasteiger partial charge in [0.05, 0.1) is 5.56 Å². The van der Waals surface area contributed by atoms with Crippen molar-refractivity contribution in [3.63, 3.8) is 0 Å². The van der Waals surface area contributed by atoms with Crippen molar-refractivity contribution < 1.29 is 18.0 Å². The topological polar surface area (TPSA) is 17.1 Å². The molecule has 0 unspecified atom stereocenters. The standard InChI is InChI=1S/C17H13F3OS/c18-17(19,20)12-6-4-11(5-7-12)10-22-16-3-1-2-13-14(16)8-9-15(13)21/h1-7H,8-10H2. The molecule has 2 aromatic carbocycles. The zero-order valence-corrected chi connectivity index (χ0v) is 12.4. The molecule has 1 nitrogen and oxygen atoms in total. The van der Waals surface area contributed by atoms with Crippen LogP contribution in [0.5, 0.6) is 0 Å². The van der Waals surface area contributed by atoms with Crippen LogP contribution < -0.4 is 0 Å². The van der Waals surface area contributed by atoms with Crippen molar-refractivity contribution in [2.75, 3.05) is 0 Å². The highest BCUT2D eigenvalue weighted by molar-refractivity contribution is 7.98. The summed E-state index contributed by atoms with van der Waals surface area (Å²) in [5.41, 5.74) is 2.06. The van der Waals surface area contributed by atoms with Crippen molar-refractivity contribution in [2.45, 2.75) is 29.7 Å². The molecule has 3 rings (SSSR count). The molecule has 0 saturated carbocycles. The molecule has 0 aromatic heterocycles. The molecule has 0 atom stereocenters. The van der Waals surface area contributed by atoms with Crippen LogP contribution in [0.3, 0.4) is 0 Å². The molecule has 114 valence electrons. The number of hydrogen-bond acceptors (Lipinski definition) is 2. The van der Waals surface area contributed by atoms with E-state index in [0.29, 0.717) is 12.2 Å². The van der Waals surface area contributed by atoms with Crippen molar-refractivity contribution in [1.82, 2.24) is 0 Å². The van der Waals surface area contributed by atoms with Crippen LogP contribution in [-0.4, -0.2) is 5.78 Å². The Kier molecular flexibility index (Phi) is 4.00. The summed E-state index contributed by atoms with van der Waals surface area (Å²) < 4.78 is 37.6. The highest BCUT2D eigenvalue weighted by atomic mass is 32.2. The Morgan fingerprint density at radius 1 is 1.00 bits per heavy atom. The van der Waals surface area contributed by atoms with Crippen molar-refractivity contribution in [3.8, 4) is 0 Å². The summed E-state index contributed by atoms with van der Waals surface area (Å²) in [7, 11) is 0. The number of fused-ring (bicyclic) bond motifs is 1. The lowest BCUT2D eigenvalue weighted by atomic mass is 10.1. The van der Waals surface area contributed by atoms with Crippen molar-refractivity contribution in [2.24, 2.45) is 0 Å². The Labute approximate surface area is 130 Å². The third kappa shape index (κ3) is 3.04. The first-order chi connectivity index (χ1) is 10.4. The Hall–Kier alpha value is -1.75. The number of carbonyl (C=O) groups is 1. The molecule has 0 radical (unpaired) electrons. The Balaban J connectivity index is 1.73. The SMILES string of the molecule is O=C1CCc2c(SCc3ccc(C(F)(F)F)cc3)cccc21. The summed E-state index contributed by atoms with van der Waals surface area (Å²) in [4.78, 5) is 12.8. The van der Waals surface area contributed by atoms with E-state index in [2.05, 4.69) is 0 Å². The average Bonchev–Trinajstić information content (AvgIpc) is 2.87. The number of carbonyl (C=O) groups excluding carboxylic acids is 1. The number of hydrogen-bond donors (Lipinski definition) is 0. The number of halogens is 3. The van der Waals surface area contributed by atoms with E-state index in [1.54, 1.807) is 11.8 Å². The van der Waals surface area contributed by atoms with Gasteiger partial charge in [-0.05, 0) is 35.7 Å². The van der Waals surface area contributed by atoms with Crippen LogP contribution in [0.1, 0.15) is 33.5 Å². The van der Waals surface area contributed by atoms with Gasteiger partial charge in [-0.15, -0.1) is 11.8 Å². The molecule has 2 aromatic rings. The van der Waals surface area contributed by atoms with Crippen LogP contribution in [-0.2, 0) is 18.3 Å². The minimum atomic E-state index is -4.30. The van der Waals surface area contributed by atoms with Gasteiger partial charge >= 0.3 is 6.18 Å². The molecule has 0 fully saturated rings. The van der Waals surface area contributed by atoms with Gasteiger partial charge in [-0.25, -0.2) is 0 Å². The number of Topliss-reactive ketones (excluding diaryl/α,β-unsaturated/α-hetero) is 1. The highest BCUT2D eigenvalue weighted by Crippen LogP contribution is 2.34. The van der Waals surface area contributed by atoms with Crippen molar-refractivity contribution in [3.05, 3.63) is 64.7 Å². The predicted octanol–water partition coefficient (Wildman–Crippen LogP) is 5.13. The third-order valence-corrected chi connectivity index (χ3v) is 4.88. The first-order valence-electron chi connectivity index (χ1n) is 6.89. The van der Waals surface area contributed by atoms with Crippen LogP contribution in [0.25, 0.3) is 0 Å². The lowest BCUT2D eigenvalue weighted by molar-refractivity contribution is -0.137. The molecule has 22 heavy (non-hydrogen) atoms. The van der Waals surface area contributed by atoms with Gasteiger partial charge < -0.3 is 0 Å². The van der Waals surface area contributed by atoms with Gasteiger partial charge in [-0.3, -0.25) is 4.79 Å². The van der Waals surface area contributed by atoms with E-state index in [1.165, 1.54) is 12.1 Å². The second-order valence-electron chi connectivity index (χ2n) is 5.19. The summed E-state index contributed by atoms with van der Waals surface area (Å²) in [6.45, 7) is 0. The fourth-order valence-corrected chi connectivity index (χ4v) is 3.62. The van der Waals surface area contributed by atoms with E-state index >= 15 is 0 Å². The second-order valence-corrected chi connectivity index (χ2v) is 6.21. The van der Waals surface area contributed by atoms with Crippen molar-refractivity contribution in [1.29, 1.82) is 0 Å². The molecule has 0 spiro atoms. The third-order valence-electron chi connectivity index (χ3n) is 3.71. The van der Waals surface area contributed by atoms with Gasteiger partial charge in [-0.2, -0.15) is 13.2 Å². The summed E-state index contributed by atoms with van der Waals surface area (Å²) in [5, 5.41) is 0. The van der Waals surface area contributed by atoms with Crippen LogP contribution in [0.4, 0.5) is 13.2 Å². The summed E-state index contributed by atoms with van der Waals surface area (Å²) >= 11 is 1.56. The summed E-state index contributed by atoms with van der Waals surface area (Å²) in [6.07, 6.45) is -3.00. The molecule has 0 amide bonds. The number of alkyl halides is 3. The second kappa shape index (κ2) is 5.80. The van der Waals surface area contributed by atoms with Crippen LogP contribution in [0.15, 0.2) is 47.4 Å². The number of ketones is 1. The van der Waals surface area contributed by atoms with Gasteiger partial charge in [0.2, 0.25) is 0 Å². The van der Waals surface area contributed by atoms with E-state index in [-0.39, 0.29) is 5.78 Å². The lowest BCUT2D eigenvalue weighted by Gasteiger charge is -2.09. The van der Waals surface area contributed by atoms with Gasteiger partial charge in [-0.1, -0.05) is 24.3 Å². The summed E-state index contributed by atoms with van der Waals surface area (Å²) in [5.74, 6) is 0.759. The minimum absolute atomic E-state index is 0.173. The molecule has 1 aliphatic carbocycles. The Morgan fingerprint density at radius 3 is 2.41 bits per heavy atom. The molecular formula is C17H13F3OS. The van der Waals surface area contributed by atoms with Crippen LogP contribution >= 0.6 is 11.8 Å². The number of thioether (sulfide) groups is 1. The smallest absolute Gasteiger partial charge is 0.294 e. The monoisotopic (exact) mass is 322 g/mol. The predicted molar refractivity (Wildman–Crippen MR) is 80.1 cm³/mol. The molecule has 0 saturated heterocycles. The first-order valence-corrected chi connectivity index (χ1v) is 7.88. The molecule has 0 N–H and O–H groups in total. The molecular weight excluding hydrogens is 309 g/mol. The van der Waals surface area contributed by atoms with Crippen LogP contribution in [0.2, 0.25) is 0 Å². The van der Waals surface area contributed by atoms with E-state index in [9.17, 15) is 18.0 Å². The fourth-order valence-electron chi connectivity index (χ4n) is 2.54. The van der Waals surface area contributed by atoms with Gasteiger partial charge in [0, 0.05) is 22.6 Å². The van der Waals surface area contributed by atoms with E-state index < -0.39 is 11.7 Å². The number of rotatable bonds is 3. The maximum Gasteiger partial charge on any atom is 0.416 e. The normalized spacial score (nSPS) is 14.2. The fraction of sp³-hybridized carbons (Fsp3) is 0.235. The summed E-state index contributed by atoms with van der Waals surface area (Å²) in [6, 6.07) is 10.9. The molecule has 1 aliphatic rings.